The van der Waals surface area contributed by atoms with Crippen LogP contribution in [-0.4, -0.2) is 62.9 Å². The van der Waals surface area contributed by atoms with E-state index in [9.17, 15) is 4.79 Å². The van der Waals surface area contributed by atoms with Gasteiger partial charge in [0.05, 0.1) is 19.9 Å². The molecule has 0 aromatic heterocycles. The molecule has 0 saturated heterocycles. The van der Waals surface area contributed by atoms with Gasteiger partial charge < -0.3 is 20.1 Å². The van der Waals surface area contributed by atoms with Crippen LogP contribution in [0, 0.1) is 0 Å². The molecule has 0 unspecified atom stereocenters. The van der Waals surface area contributed by atoms with Crippen molar-refractivity contribution in [2.45, 2.75) is 6.42 Å². The van der Waals surface area contributed by atoms with Crippen LogP contribution in [0.3, 0.4) is 0 Å². The van der Waals surface area contributed by atoms with Crippen LogP contribution < -0.4 is 15.2 Å². The maximum Gasteiger partial charge on any atom is 0.215 e. The predicted molar refractivity (Wildman–Crippen MR) is 119 cm³/mol. The van der Waals surface area contributed by atoms with E-state index in [1.807, 2.05) is 55.6 Å². The third kappa shape index (κ3) is 4.63. The first-order valence-corrected chi connectivity index (χ1v) is 9.85. The number of hydrogen-bond donors (Lipinski definition) is 1. The summed E-state index contributed by atoms with van der Waals surface area (Å²) in [6.07, 6.45) is 3.58. The van der Waals surface area contributed by atoms with Crippen molar-refractivity contribution in [1.29, 1.82) is 0 Å². The number of aliphatic imine (C=N–C) groups is 1. The molecule has 0 atom stereocenters. The van der Waals surface area contributed by atoms with Gasteiger partial charge >= 0.3 is 0 Å². The number of benzene rings is 2. The highest BCUT2D eigenvalue weighted by Crippen LogP contribution is 2.37. The monoisotopic (exact) mass is 408 g/mol. The van der Waals surface area contributed by atoms with E-state index in [1.54, 1.807) is 14.2 Å². The Morgan fingerprint density at radius 2 is 1.90 bits per heavy atom. The van der Waals surface area contributed by atoms with Crippen LogP contribution in [0.25, 0.3) is 5.70 Å². The molecule has 0 bridgehead atoms. The number of likely N-dealkylation sites (N-methyl/N-ethyl adjacent to an activating group) is 1. The summed E-state index contributed by atoms with van der Waals surface area (Å²) in [5.74, 6) is 1.90. The molecule has 2 N–H and O–H groups in total. The highest BCUT2D eigenvalue weighted by atomic mass is 16.5. The highest BCUT2D eigenvalue weighted by Gasteiger charge is 2.23. The number of amidine groups is 1. The largest absolute Gasteiger partial charge is 0.493 e. The van der Waals surface area contributed by atoms with Crippen molar-refractivity contribution in [2.75, 3.05) is 40.9 Å². The zero-order valence-corrected chi connectivity index (χ0v) is 17.7. The predicted octanol–water partition coefficient (Wildman–Crippen LogP) is 2.68. The maximum absolute atomic E-state index is 11.8. The van der Waals surface area contributed by atoms with Crippen molar-refractivity contribution in [3.8, 4) is 11.5 Å². The summed E-state index contributed by atoms with van der Waals surface area (Å²) in [5, 5.41) is 0. The lowest BCUT2D eigenvalue weighted by Crippen LogP contribution is -2.34. The third-order valence-electron chi connectivity index (χ3n) is 5.07. The van der Waals surface area contributed by atoms with E-state index in [2.05, 4.69) is 4.90 Å². The molecule has 0 saturated carbocycles. The number of amides is 1. The Hall–Kier alpha value is -3.32. The lowest BCUT2D eigenvalue weighted by molar-refractivity contribution is -0.114. The third-order valence-corrected chi connectivity index (χ3v) is 5.07. The van der Waals surface area contributed by atoms with E-state index >= 15 is 0 Å². The molecule has 0 radical (unpaired) electrons. The zero-order chi connectivity index (χ0) is 21.5. The molecule has 7 nitrogen and oxygen atoms in total. The molecular weight excluding hydrogens is 380 g/mol. The van der Waals surface area contributed by atoms with Gasteiger partial charge in [0.15, 0.2) is 11.5 Å². The smallest absolute Gasteiger partial charge is 0.215 e. The van der Waals surface area contributed by atoms with Crippen molar-refractivity contribution < 1.29 is 14.3 Å². The Kier molecular flexibility index (Phi) is 7.08. The number of ether oxygens (including phenoxy) is 2. The summed E-state index contributed by atoms with van der Waals surface area (Å²) in [6.45, 7) is 1.56. The Balaban J connectivity index is 2.15. The fourth-order valence-electron chi connectivity index (χ4n) is 3.47. The summed E-state index contributed by atoms with van der Waals surface area (Å²) in [5.41, 5.74) is 9.63. The van der Waals surface area contributed by atoms with E-state index in [0.29, 0.717) is 30.4 Å². The fraction of sp³-hybridized carbons (Fsp3) is 0.304. The van der Waals surface area contributed by atoms with Crippen molar-refractivity contribution in [2.24, 2.45) is 10.7 Å². The molecule has 158 valence electrons. The molecule has 1 amide bonds. The molecule has 7 heteroatoms. The molecule has 2 aromatic carbocycles. The van der Waals surface area contributed by atoms with E-state index < -0.39 is 0 Å². The molecular formula is C23H28N4O3. The molecule has 0 aliphatic carbocycles. The van der Waals surface area contributed by atoms with Gasteiger partial charge in [-0.1, -0.05) is 18.2 Å². The summed E-state index contributed by atoms with van der Waals surface area (Å²) in [4.78, 5) is 20.2. The van der Waals surface area contributed by atoms with Gasteiger partial charge in [-0.2, -0.15) is 0 Å². The molecule has 2 aromatic rings. The van der Waals surface area contributed by atoms with Gasteiger partial charge in [-0.3, -0.25) is 9.69 Å². The first kappa shape index (κ1) is 21.4. The van der Waals surface area contributed by atoms with Gasteiger partial charge in [-0.25, -0.2) is 4.99 Å². The lowest BCUT2D eigenvalue weighted by atomic mass is 9.95. The Morgan fingerprint density at radius 1 is 1.20 bits per heavy atom. The van der Waals surface area contributed by atoms with Crippen molar-refractivity contribution in [3.05, 3.63) is 59.7 Å². The second kappa shape index (κ2) is 9.93. The van der Waals surface area contributed by atoms with E-state index in [-0.39, 0.29) is 0 Å². The van der Waals surface area contributed by atoms with Gasteiger partial charge in [0.2, 0.25) is 6.41 Å². The van der Waals surface area contributed by atoms with Gasteiger partial charge in [0.25, 0.3) is 0 Å². The quantitative estimate of drug-likeness (QED) is 0.433. The number of rotatable bonds is 7. The van der Waals surface area contributed by atoms with Crippen LogP contribution in [0.15, 0.2) is 53.5 Å². The van der Waals surface area contributed by atoms with Crippen molar-refractivity contribution in [3.63, 3.8) is 0 Å². The topological polar surface area (TPSA) is 80.4 Å². The molecule has 3 rings (SSSR count). The minimum absolute atomic E-state index is 0.340. The summed E-state index contributed by atoms with van der Waals surface area (Å²) in [6, 6.07) is 13.5. The number of nitrogens with two attached hydrogens (primary N) is 1. The summed E-state index contributed by atoms with van der Waals surface area (Å²) >= 11 is 0. The minimum atomic E-state index is 0.340. The molecule has 1 heterocycles. The van der Waals surface area contributed by atoms with Gasteiger partial charge in [-0.15, -0.1) is 0 Å². The number of carbonyl (C=O) groups is 1. The van der Waals surface area contributed by atoms with E-state index in [4.69, 9.17) is 20.2 Å². The Morgan fingerprint density at radius 3 is 2.53 bits per heavy atom. The van der Waals surface area contributed by atoms with Crippen molar-refractivity contribution >= 4 is 23.6 Å². The van der Waals surface area contributed by atoms with Crippen LogP contribution in [-0.2, 0) is 11.2 Å². The molecule has 1 aliphatic rings. The number of hydrogen-bond acceptors (Lipinski definition) is 6. The minimum Gasteiger partial charge on any atom is -0.493 e. The summed E-state index contributed by atoms with van der Waals surface area (Å²) < 4.78 is 11.0. The number of para-hydroxylation sites is 1. The second-order valence-electron chi connectivity index (χ2n) is 6.96. The van der Waals surface area contributed by atoms with Crippen molar-refractivity contribution in [1.82, 2.24) is 9.80 Å². The zero-order valence-electron chi connectivity index (χ0n) is 17.7. The average molecular weight is 409 g/mol. The normalized spacial score (nSPS) is 15.0. The fourth-order valence-corrected chi connectivity index (χ4v) is 3.47. The van der Waals surface area contributed by atoms with Crippen LogP contribution in [0.2, 0.25) is 0 Å². The highest BCUT2D eigenvalue weighted by molar-refractivity contribution is 6.05. The summed E-state index contributed by atoms with van der Waals surface area (Å²) in [7, 11) is 5.28. The standard InChI is InChI=1S/C23H28N4O3/c1-26-11-9-17-13-21(29-2)22(30-3)14-19(17)20(26)15-23(27(16-28)12-10-24)25-18-7-5-4-6-8-18/h4-8,13-16H,9-12,24H2,1-3H3/b20-15-,25-23?. The van der Waals surface area contributed by atoms with Crippen LogP contribution in [0.4, 0.5) is 5.69 Å². The van der Waals surface area contributed by atoms with E-state index in [1.165, 1.54) is 4.90 Å². The molecule has 30 heavy (non-hydrogen) atoms. The number of fused-ring (bicyclic) bond motifs is 1. The SMILES string of the molecule is COc1cc2c(cc1OC)/C(=C/C(=Nc1ccccc1)N(C=O)CCN)N(C)CC2. The molecule has 0 spiro atoms. The van der Waals surface area contributed by atoms with Crippen LogP contribution in [0.5, 0.6) is 11.5 Å². The van der Waals surface area contributed by atoms with Gasteiger partial charge in [0, 0.05) is 44.0 Å². The van der Waals surface area contributed by atoms with Crippen LogP contribution in [0.1, 0.15) is 11.1 Å². The van der Waals surface area contributed by atoms with Crippen LogP contribution >= 0.6 is 0 Å². The first-order valence-electron chi connectivity index (χ1n) is 9.85. The lowest BCUT2D eigenvalue weighted by Gasteiger charge is -2.31. The average Bonchev–Trinajstić information content (AvgIpc) is 2.78. The first-order chi connectivity index (χ1) is 14.6. The second-order valence-corrected chi connectivity index (χ2v) is 6.96. The Bertz CT molecular complexity index is 941. The molecule has 1 aliphatic heterocycles. The van der Waals surface area contributed by atoms with E-state index in [0.717, 1.165) is 41.9 Å². The Labute approximate surface area is 177 Å². The van der Waals surface area contributed by atoms with Gasteiger partial charge in [-0.05, 0) is 36.2 Å². The number of carbonyl (C=O) groups excluding carboxylic acids is 1. The number of methoxy groups -OCH3 is 2. The molecule has 0 fully saturated rings. The maximum atomic E-state index is 11.8. The van der Waals surface area contributed by atoms with Gasteiger partial charge in [0.1, 0.15) is 5.84 Å². The number of nitrogens with zero attached hydrogens (tertiary/aromatic N) is 3.